The van der Waals surface area contributed by atoms with Crippen LogP contribution in [0.1, 0.15) is 29.9 Å². The van der Waals surface area contributed by atoms with Gasteiger partial charge in [-0.2, -0.15) is 0 Å². The van der Waals surface area contributed by atoms with Crippen LogP contribution in [0.4, 0.5) is 0 Å². The fourth-order valence-corrected chi connectivity index (χ4v) is 2.00. The third-order valence-corrected chi connectivity index (χ3v) is 2.81. The van der Waals surface area contributed by atoms with Crippen molar-refractivity contribution in [1.82, 2.24) is 15.0 Å². The lowest BCUT2D eigenvalue weighted by Crippen LogP contribution is -2.08. The van der Waals surface area contributed by atoms with E-state index in [1.165, 1.54) is 0 Å². The molecule has 0 unspecified atom stereocenters. The topological polar surface area (TPSA) is 47.8 Å². The first-order valence-corrected chi connectivity index (χ1v) is 6.08. The van der Waals surface area contributed by atoms with Gasteiger partial charge in [0.25, 0.3) is 0 Å². The standard InChI is InChI=1S/C14H17N3O/c1-10(2)8-17-14(13(9-18)15-16-17)12-7-5-4-6-11(12)3/h4-7,9-10H,8H2,1-3H3. The largest absolute Gasteiger partial charge is 0.296 e. The zero-order valence-corrected chi connectivity index (χ0v) is 10.9. The number of carbonyl (C=O) groups excluding carboxylic acids is 1. The van der Waals surface area contributed by atoms with Crippen molar-refractivity contribution in [1.29, 1.82) is 0 Å². The Morgan fingerprint density at radius 1 is 1.33 bits per heavy atom. The molecule has 4 nitrogen and oxygen atoms in total. The normalized spacial score (nSPS) is 10.9. The van der Waals surface area contributed by atoms with Gasteiger partial charge in [-0.15, -0.1) is 5.10 Å². The highest BCUT2D eigenvalue weighted by atomic mass is 16.1. The third kappa shape index (κ3) is 2.32. The minimum absolute atomic E-state index is 0.407. The Hall–Kier alpha value is -1.97. The summed E-state index contributed by atoms with van der Waals surface area (Å²) in [6, 6.07) is 7.97. The van der Waals surface area contributed by atoms with Gasteiger partial charge in [0.05, 0.1) is 5.69 Å². The Balaban J connectivity index is 2.57. The fourth-order valence-electron chi connectivity index (χ4n) is 2.00. The Morgan fingerprint density at radius 3 is 2.67 bits per heavy atom. The number of aldehydes is 1. The fraction of sp³-hybridized carbons (Fsp3) is 0.357. The second-order valence-electron chi connectivity index (χ2n) is 4.83. The molecule has 1 aromatic heterocycles. The molecule has 0 aliphatic carbocycles. The van der Waals surface area contributed by atoms with Crippen molar-refractivity contribution in [3.63, 3.8) is 0 Å². The molecule has 0 spiro atoms. The molecule has 0 radical (unpaired) electrons. The molecule has 0 bridgehead atoms. The summed E-state index contributed by atoms with van der Waals surface area (Å²) in [5.41, 5.74) is 3.36. The van der Waals surface area contributed by atoms with Gasteiger partial charge in [0.15, 0.2) is 12.0 Å². The Labute approximate surface area is 107 Å². The van der Waals surface area contributed by atoms with Crippen molar-refractivity contribution in [3.05, 3.63) is 35.5 Å². The number of rotatable bonds is 4. The minimum Gasteiger partial charge on any atom is -0.296 e. The molecule has 2 rings (SSSR count). The molecule has 1 aromatic carbocycles. The van der Waals surface area contributed by atoms with E-state index in [9.17, 15) is 4.79 Å². The molecule has 0 fully saturated rings. The lowest BCUT2D eigenvalue weighted by atomic mass is 10.0. The molecule has 18 heavy (non-hydrogen) atoms. The average Bonchev–Trinajstić information content (AvgIpc) is 2.72. The predicted octanol–water partition coefficient (Wildman–Crippen LogP) is 2.72. The minimum atomic E-state index is 0.407. The van der Waals surface area contributed by atoms with Gasteiger partial charge in [-0.3, -0.25) is 4.79 Å². The molecule has 0 atom stereocenters. The highest BCUT2D eigenvalue weighted by molar-refractivity contribution is 5.84. The van der Waals surface area contributed by atoms with Crippen molar-refractivity contribution >= 4 is 6.29 Å². The van der Waals surface area contributed by atoms with E-state index < -0.39 is 0 Å². The molecule has 0 N–H and O–H groups in total. The van der Waals surface area contributed by atoms with E-state index in [2.05, 4.69) is 24.2 Å². The molecule has 0 amide bonds. The summed E-state index contributed by atoms with van der Waals surface area (Å²) in [7, 11) is 0. The SMILES string of the molecule is Cc1ccccc1-c1c(C=O)nnn1CC(C)C. The molecular formula is C14H17N3O. The molecule has 94 valence electrons. The summed E-state index contributed by atoms with van der Waals surface area (Å²) in [5.74, 6) is 0.453. The van der Waals surface area contributed by atoms with Gasteiger partial charge < -0.3 is 0 Å². The van der Waals surface area contributed by atoms with Crippen LogP contribution in [0.25, 0.3) is 11.3 Å². The summed E-state index contributed by atoms with van der Waals surface area (Å²) < 4.78 is 1.82. The number of benzene rings is 1. The molecule has 0 saturated carbocycles. The van der Waals surface area contributed by atoms with Crippen LogP contribution in [0.2, 0.25) is 0 Å². The van der Waals surface area contributed by atoms with E-state index in [-0.39, 0.29) is 0 Å². The van der Waals surface area contributed by atoms with Gasteiger partial charge >= 0.3 is 0 Å². The smallest absolute Gasteiger partial charge is 0.172 e. The monoisotopic (exact) mass is 243 g/mol. The van der Waals surface area contributed by atoms with Crippen molar-refractivity contribution < 1.29 is 4.79 Å². The van der Waals surface area contributed by atoms with E-state index in [1.54, 1.807) is 0 Å². The first kappa shape index (κ1) is 12.5. The van der Waals surface area contributed by atoms with Crippen molar-refractivity contribution in [2.75, 3.05) is 0 Å². The quantitative estimate of drug-likeness (QED) is 0.776. The molecule has 2 aromatic rings. The predicted molar refractivity (Wildman–Crippen MR) is 70.4 cm³/mol. The van der Waals surface area contributed by atoms with E-state index in [0.29, 0.717) is 11.6 Å². The van der Waals surface area contributed by atoms with Crippen molar-refractivity contribution in [2.45, 2.75) is 27.3 Å². The van der Waals surface area contributed by atoms with Gasteiger partial charge in [-0.25, -0.2) is 4.68 Å². The second kappa shape index (κ2) is 5.12. The zero-order chi connectivity index (χ0) is 13.1. The lowest BCUT2D eigenvalue weighted by molar-refractivity contribution is 0.111. The maximum atomic E-state index is 11.1. The molecule has 0 saturated heterocycles. The van der Waals surface area contributed by atoms with Crippen LogP contribution >= 0.6 is 0 Å². The number of hydrogen-bond acceptors (Lipinski definition) is 3. The summed E-state index contributed by atoms with van der Waals surface area (Å²) in [6.07, 6.45) is 0.769. The maximum absolute atomic E-state index is 11.1. The van der Waals surface area contributed by atoms with E-state index in [4.69, 9.17) is 0 Å². The first-order valence-electron chi connectivity index (χ1n) is 6.08. The van der Waals surface area contributed by atoms with Gasteiger partial charge in [-0.05, 0) is 18.4 Å². The van der Waals surface area contributed by atoms with E-state index >= 15 is 0 Å². The van der Waals surface area contributed by atoms with E-state index in [1.807, 2.05) is 35.9 Å². The number of aromatic nitrogens is 3. The maximum Gasteiger partial charge on any atom is 0.172 e. The summed E-state index contributed by atoms with van der Waals surface area (Å²) >= 11 is 0. The van der Waals surface area contributed by atoms with Crippen LogP contribution in [-0.4, -0.2) is 21.3 Å². The highest BCUT2D eigenvalue weighted by Gasteiger charge is 2.16. The van der Waals surface area contributed by atoms with Crippen molar-refractivity contribution in [3.8, 4) is 11.3 Å². The highest BCUT2D eigenvalue weighted by Crippen LogP contribution is 2.25. The third-order valence-electron chi connectivity index (χ3n) is 2.81. The van der Waals surface area contributed by atoms with E-state index in [0.717, 1.165) is 29.7 Å². The summed E-state index contributed by atoms with van der Waals surface area (Å²) in [5, 5.41) is 8.03. The molecular weight excluding hydrogens is 226 g/mol. The van der Waals surface area contributed by atoms with Crippen LogP contribution in [0.3, 0.4) is 0 Å². The number of nitrogens with zero attached hydrogens (tertiary/aromatic N) is 3. The van der Waals surface area contributed by atoms with Gasteiger partial charge in [0, 0.05) is 12.1 Å². The molecule has 0 aliphatic rings. The zero-order valence-electron chi connectivity index (χ0n) is 10.9. The Bertz CT molecular complexity index is 558. The van der Waals surface area contributed by atoms with Gasteiger partial charge in [-0.1, -0.05) is 43.3 Å². The van der Waals surface area contributed by atoms with Crippen LogP contribution in [0.5, 0.6) is 0 Å². The number of aryl methyl sites for hydroxylation is 1. The van der Waals surface area contributed by atoms with Crippen LogP contribution < -0.4 is 0 Å². The molecule has 0 aliphatic heterocycles. The Kier molecular flexibility index (Phi) is 3.55. The van der Waals surface area contributed by atoms with Crippen LogP contribution in [0.15, 0.2) is 24.3 Å². The summed E-state index contributed by atoms with van der Waals surface area (Å²) in [4.78, 5) is 11.1. The van der Waals surface area contributed by atoms with Crippen LogP contribution in [-0.2, 0) is 6.54 Å². The first-order chi connectivity index (χ1) is 8.63. The molecule has 4 heteroatoms. The van der Waals surface area contributed by atoms with Gasteiger partial charge in [0.1, 0.15) is 0 Å². The van der Waals surface area contributed by atoms with Crippen LogP contribution in [0, 0.1) is 12.8 Å². The second-order valence-corrected chi connectivity index (χ2v) is 4.83. The molecule has 1 heterocycles. The summed E-state index contributed by atoms with van der Waals surface area (Å²) in [6.45, 7) is 7.01. The number of carbonyl (C=O) groups is 1. The number of hydrogen-bond donors (Lipinski definition) is 0. The lowest BCUT2D eigenvalue weighted by Gasteiger charge is -2.11. The van der Waals surface area contributed by atoms with Crippen molar-refractivity contribution in [2.24, 2.45) is 5.92 Å². The Morgan fingerprint density at radius 2 is 2.06 bits per heavy atom. The van der Waals surface area contributed by atoms with Gasteiger partial charge in [0.2, 0.25) is 0 Å². The average molecular weight is 243 g/mol.